The fourth-order valence-electron chi connectivity index (χ4n) is 4.39. The van der Waals surface area contributed by atoms with E-state index in [0.717, 1.165) is 47.6 Å². The van der Waals surface area contributed by atoms with Crippen molar-refractivity contribution in [3.05, 3.63) is 52.7 Å². The Morgan fingerprint density at radius 1 is 0.853 bits per heavy atom. The van der Waals surface area contributed by atoms with Crippen LogP contribution in [-0.4, -0.2) is 81.4 Å². The van der Waals surface area contributed by atoms with Crippen molar-refractivity contribution in [2.24, 2.45) is 0 Å². The molecule has 0 spiro atoms. The van der Waals surface area contributed by atoms with Crippen LogP contribution < -0.4 is 4.90 Å². The number of nitrogens with zero attached hydrogens (tertiary/aromatic N) is 6. The van der Waals surface area contributed by atoms with Crippen LogP contribution in [-0.2, 0) is 4.79 Å². The number of thiophene rings is 1. The van der Waals surface area contributed by atoms with Crippen molar-refractivity contribution >= 4 is 40.9 Å². The Balaban J connectivity index is 1.23. The summed E-state index contributed by atoms with van der Waals surface area (Å²) < 4.78 is 2.07. The summed E-state index contributed by atoms with van der Waals surface area (Å²) in [5.41, 5.74) is 1.00. The van der Waals surface area contributed by atoms with Crippen LogP contribution in [0.3, 0.4) is 0 Å². The van der Waals surface area contributed by atoms with E-state index in [0.29, 0.717) is 31.9 Å². The van der Waals surface area contributed by atoms with Crippen molar-refractivity contribution in [2.75, 3.05) is 49.9 Å². The molecule has 0 unspecified atom stereocenters. The summed E-state index contributed by atoms with van der Waals surface area (Å²) in [5, 5.41) is 11.6. The first-order chi connectivity index (χ1) is 16.7. The number of anilines is 1. The van der Waals surface area contributed by atoms with Crippen molar-refractivity contribution in [1.29, 1.82) is 0 Å². The van der Waals surface area contributed by atoms with Gasteiger partial charge < -0.3 is 14.7 Å². The summed E-state index contributed by atoms with van der Waals surface area (Å²) in [6.45, 7) is 4.19. The first-order valence-corrected chi connectivity index (χ1v) is 13.6. The highest BCUT2D eigenvalue weighted by molar-refractivity contribution is 7.99. The highest BCUT2D eigenvalue weighted by Crippen LogP contribution is 2.28. The molecule has 2 amide bonds. The predicted molar refractivity (Wildman–Crippen MR) is 135 cm³/mol. The van der Waals surface area contributed by atoms with E-state index in [2.05, 4.69) is 19.7 Å². The number of amides is 2. The van der Waals surface area contributed by atoms with Gasteiger partial charge in [0.15, 0.2) is 5.16 Å². The van der Waals surface area contributed by atoms with Crippen LogP contribution in [0.25, 0.3) is 5.69 Å². The van der Waals surface area contributed by atoms with Gasteiger partial charge in [-0.25, -0.2) is 0 Å². The van der Waals surface area contributed by atoms with Crippen molar-refractivity contribution in [2.45, 2.75) is 24.4 Å². The lowest BCUT2D eigenvalue weighted by Crippen LogP contribution is -2.51. The zero-order valence-electron chi connectivity index (χ0n) is 19.0. The van der Waals surface area contributed by atoms with Crippen molar-refractivity contribution in [3.63, 3.8) is 0 Å². The fraction of sp³-hybridized carbons (Fsp3) is 0.417. The Hall–Kier alpha value is -2.85. The number of thioether (sulfide) groups is 1. The third-order valence-electron chi connectivity index (χ3n) is 6.25. The lowest BCUT2D eigenvalue weighted by molar-refractivity contribution is -0.129. The van der Waals surface area contributed by atoms with E-state index >= 15 is 0 Å². The topological polar surface area (TPSA) is 74.6 Å². The second-order valence-electron chi connectivity index (χ2n) is 8.44. The zero-order chi connectivity index (χ0) is 23.3. The van der Waals surface area contributed by atoms with Crippen LogP contribution in [0, 0.1) is 0 Å². The lowest BCUT2D eigenvalue weighted by atomic mass is 10.1. The number of para-hydroxylation sites is 1. The molecular formula is C24H28N6O2S2. The van der Waals surface area contributed by atoms with Crippen LogP contribution in [0.4, 0.5) is 5.95 Å². The molecule has 0 saturated carbocycles. The summed E-state index contributed by atoms with van der Waals surface area (Å²) in [5.74, 6) is 1.26. The van der Waals surface area contributed by atoms with Gasteiger partial charge in [-0.15, -0.1) is 21.5 Å². The molecule has 2 aromatic heterocycles. The molecule has 10 heteroatoms. The molecule has 8 nitrogen and oxygen atoms in total. The molecule has 0 bridgehead atoms. The first-order valence-electron chi connectivity index (χ1n) is 11.7. The SMILES string of the molecule is O=C(CSc1nnc(N2CCCCC2)n1-c1ccccc1)N1CCN(C(=O)c2cccs2)CC1. The van der Waals surface area contributed by atoms with Gasteiger partial charge in [0.25, 0.3) is 5.91 Å². The quantitative estimate of drug-likeness (QED) is 0.487. The molecule has 178 valence electrons. The van der Waals surface area contributed by atoms with Crippen LogP contribution >= 0.6 is 23.1 Å². The predicted octanol–water partition coefficient (Wildman–Crippen LogP) is 3.40. The van der Waals surface area contributed by atoms with E-state index < -0.39 is 0 Å². The molecule has 5 rings (SSSR count). The van der Waals surface area contributed by atoms with Gasteiger partial charge in [-0.05, 0) is 42.8 Å². The standard InChI is InChI=1S/C24H28N6O2S2/c31-21(27-13-15-28(16-14-27)22(32)20-10-7-17-33-20)18-34-24-26-25-23(29-11-5-2-6-12-29)30(24)19-8-3-1-4-9-19/h1,3-4,7-10,17H,2,5-6,11-16,18H2. The average molecular weight is 497 g/mol. The van der Waals surface area contributed by atoms with E-state index in [1.165, 1.54) is 29.5 Å². The smallest absolute Gasteiger partial charge is 0.264 e. The summed E-state index contributed by atoms with van der Waals surface area (Å²) in [4.78, 5) is 32.2. The number of piperazine rings is 1. The molecule has 0 radical (unpaired) electrons. The molecule has 2 fully saturated rings. The molecule has 2 saturated heterocycles. The summed E-state index contributed by atoms with van der Waals surface area (Å²) in [6, 6.07) is 13.8. The minimum Gasteiger partial charge on any atom is -0.341 e. The molecule has 2 aliphatic rings. The van der Waals surface area contributed by atoms with Crippen LogP contribution in [0.5, 0.6) is 0 Å². The van der Waals surface area contributed by atoms with E-state index in [4.69, 9.17) is 0 Å². The van der Waals surface area contributed by atoms with Crippen LogP contribution in [0.1, 0.15) is 28.9 Å². The van der Waals surface area contributed by atoms with E-state index in [9.17, 15) is 9.59 Å². The van der Waals surface area contributed by atoms with Gasteiger partial charge in [-0.2, -0.15) is 0 Å². The maximum atomic E-state index is 13.0. The normalized spacial score (nSPS) is 16.6. The number of benzene rings is 1. The molecule has 0 atom stereocenters. The fourth-order valence-corrected chi connectivity index (χ4v) is 5.93. The zero-order valence-corrected chi connectivity index (χ0v) is 20.6. The van der Waals surface area contributed by atoms with Gasteiger partial charge in [0.2, 0.25) is 11.9 Å². The van der Waals surface area contributed by atoms with E-state index in [1.54, 1.807) is 0 Å². The molecule has 3 aromatic rings. The molecule has 0 N–H and O–H groups in total. The summed E-state index contributed by atoms with van der Waals surface area (Å²) >= 11 is 2.88. The number of aromatic nitrogens is 3. The molecule has 2 aliphatic heterocycles. The minimum atomic E-state index is 0.0534. The molecule has 4 heterocycles. The van der Waals surface area contributed by atoms with Crippen molar-refractivity contribution in [1.82, 2.24) is 24.6 Å². The summed E-state index contributed by atoms with van der Waals surface area (Å²) in [7, 11) is 0. The van der Waals surface area contributed by atoms with Gasteiger partial charge in [-0.1, -0.05) is 36.0 Å². The van der Waals surface area contributed by atoms with Gasteiger partial charge in [0.05, 0.1) is 16.3 Å². The minimum absolute atomic E-state index is 0.0534. The average Bonchev–Trinajstić information content (AvgIpc) is 3.59. The van der Waals surface area contributed by atoms with Crippen LogP contribution in [0.2, 0.25) is 0 Å². The molecule has 1 aromatic carbocycles. The Morgan fingerprint density at radius 3 is 2.29 bits per heavy atom. The Bertz CT molecular complexity index is 1100. The van der Waals surface area contributed by atoms with Gasteiger partial charge >= 0.3 is 0 Å². The second kappa shape index (κ2) is 10.6. The molecule has 0 aliphatic carbocycles. The number of hydrogen-bond donors (Lipinski definition) is 0. The third-order valence-corrected chi connectivity index (χ3v) is 8.02. The molecule has 34 heavy (non-hydrogen) atoms. The summed E-state index contributed by atoms with van der Waals surface area (Å²) in [6.07, 6.45) is 3.56. The number of carbonyl (C=O) groups excluding carboxylic acids is 2. The number of rotatable bonds is 6. The Kier molecular flexibility index (Phi) is 7.15. The maximum Gasteiger partial charge on any atom is 0.264 e. The number of hydrogen-bond acceptors (Lipinski definition) is 7. The van der Waals surface area contributed by atoms with Crippen molar-refractivity contribution < 1.29 is 9.59 Å². The maximum absolute atomic E-state index is 13.0. The Morgan fingerprint density at radius 2 is 1.59 bits per heavy atom. The number of piperidine rings is 1. The van der Waals surface area contributed by atoms with Crippen LogP contribution in [0.15, 0.2) is 53.0 Å². The first kappa shape index (κ1) is 22.9. The van der Waals surface area contributed by atoms with Crippen molar-refractivity contribution in [3.8, 4) is 5.69 Å². The van der Waals surface area contributed by atoms with Gasteiger partial charge in [0, 0.05) is 39.3 Å². The Labute approximate surface area is 207 Å². The second-order valence-corrected chi connectivity index (χ2v) is 10.3. The highest BCUT2D eigenvalue weighted by atomic mass is 32.2. The number of carbonyl (C=O) groups is 2. The monoisotopic (exact) mass is 496 g/mol. The molecular weight excluding hydrogens is 468 g/mol. The van der Waals surface area contributed by atoms with Gasteiger partial charge in [0.1, 0.15) is 0 Å². The van der Waals surface area contributed by atoms with E-state index in [1.807, 2.05) is 57.6 Å². The third kappa shape index (κ3) is 4.97. The lowest BCUT2D eigenvalue weighted by Gasteiger charge is -2.34. The largest absolute Gasteiger partial charge is 0.341 e. The van der Waals surface area contributed by atoms with E-state index in [-0.39, 0.29) is 11.8 Å². The highest BCUT2D eigenvalue weighted by Gasteiger charge is 2.27. The van der Waals surface area contributed by atoms with Gasteiger partial charge in [-0.3, -0.25) is 14.2 Å².